The highest BCUT2D eigenvalue weighted by atomic mass is 127. The van der Waals surface area contributed by atoms with Gasteiger partial charge in [0.1, 0.15) is 11.5 Å². The van der Waals surface area contributed by atoms with E-state index in [0.29, 0.717) is 11.5 Å². The molecule has 24 heavy (non-hydrogen) atoms. The van der Waals surface area contributed by atoms with E-state index in [4.69, 9.17) is 5.73 Å². The molecule has 0 bridgehead atoms. The van der Waals surface area contributed by atoms with Crippen molar-refractivity contribution in [2.24, 2.45) is 7.05 Å². The number of nitrogen functional groups attached to an aromatic ring is 1. The van der Waals surface area contributed by atoms with Crippen LogP contribution in [-0.2, 0) is 17.1 Å². The fourth-order valence-corrected chi connectivity index (χ4v) is 3.84. The summed E-state index contributed by atoms with van der Waals surface area (Å²) in [6.07, 6.45) is 1.71. The minimum absolute atomic E-state index is 0.0280. The van der Waals surface area contributed by atoms with Gasteiger partial charge >= 0.3 is 0 Å². The number of halogens is 1. The molecular formula is C15H16IN5O2S. The quantitative estimate of drug-likeness (QED) is 0.587. The van der Waals surface area contributed by atoms with Crippen molar-refractivity contribution in [3.05, 3.63) is 34.0 Å². The van der Waals surface area contributed by atoms with E-state index < -0.39 is 10.0 Å². The molecule has 3 N–H and O–H groups in total. The van der Waals surface area contributed by atoms with E-state index in [9.17, 15) is 8.42 Å². The van der Waals surface area contributed by atoms with Gasteiger partial charge in [-0.2, -0.15) is 5.10 Å². The zero-order valence-electron chi connectivity index (χ0n) is 13.1. The van der Waals surface area contributed by atoms with Crippen LogP contribution < -0.4 is 10.5 Å². The highest BCUT2D eigenvalue weighted by molar-refractivity contribution is 14.1. The van der Waals surface area contributed by atoms with Crippen LogP contribution in [-0.4, -0.2) is 28.9 Å². The van der Waals surface area contributed by atoms with Gasteiger partial charge in [0.25, 0.3) is 0 Å². The first-order chi connectivity index (χ1) is 11.3. The van der Waals surface area contributed by atoms with Crippen molar-refractivity contribution in [3.63, 3.8) is 0 Å². The molecule has 126 valence electrons. The highest BCUT2D eigenvalue weighted by Gasteiger charge is 2.17. The topological polar surface area (TPSA) is 103 Å². The second-order valence-electron chi connectivity index (χ2n) is 5.27. The van der Waals surface area contributed by atoms with Crippen LogP contribution in [0.3, 0.4) is 0 Å². The van der Waals surface area contributed by atoms with Crippen LogP contribution in [0.2, 0.25) is 0 Å². The minimum atomic E-state index is -3.29. The molecule has 0 fully saturated rings. The Morgan fingerprint density at radius 3 is 2.58 bits per heavy atom. The lowest BCUT2D eigenvalue weighted by molar-refractivity contribution is 0.602. The summed E-state index contributed by atoms with van der Waals surface area (Å²) in [4.78, 5) is 4.21. The largest absolute Gasteiger partial charge is 0.383 e. The Morgan fingerprint density at radius 1 is 1.29 bits per heavy atom. The standard InChI is InChI=1S/C15H16IN5O2S/c1-3-24(22,23)20-10-6-4-9(5-7-10)13-12-14(21(2)19-13)11(16)8-18-15(12)17/h4-8,20H,3H2,1-2H3,(H2,17,18). The Kier molecular flexibility index (Phi) is 4.38. The number of hydrogen-bond donors (Lipinski definition) is 2. The average Bonchev–Trinajstić information content (AvgIpc) is 2.90. The molecule has 0 unspecified atom stereocenters. The third-order valence-corrected chi connectivity index (χ3v) is 5.75. The first kappa shape index (κ1) is 17.0. The summed E-state index contributed by atoms with van der Waals surface area (Å²) in [6, 6.07) is 7.05. The predicted molar refractivity (Wildman–Crippen MR) is 104 cm³/mol. The molecule has 0 radical (unpaired) electrons. The Bertz CT molecular complexity index is 1010. The van der Waals surface area contributed by atoms with Gasteiger partial charge in [0.15, 0.2) is 0 Å². The smallest absolute Gasteiger partial charge is 0.232 e. The molecule has 0 aliphatic carbocycles. The number of rotatable bonds is 4. The van der Waals surface area contributed by atoms with Crippen molar-refractivity contribution >= 4 is 55.0 Å². The number of aromatic nitrogens is 3. The van der Waals surface area contributed by atoms with Crippen molar-refractivity contribution in [1.29, 1.82) is 0 Å². The molecule has 7 nitrogen and oxygen atoms in total. The SMILES string of the molecule is CCS(=O)(=O)Nc1ccc(-c2nn(C)c3c(I)cnc(N)c23)cc1. The third-order valence-electron chi connectivity index (χ3n) is 3.66. The number of nitrogens with two attached hydrogens (primary N) is 1. The summed E-state index contributed by atoms with van der Waals surface area (Å²) in [6.45, 7) is 1.59. The van der Waals surface area contributed by atoms with E-state index in [1.807, 2.05) is 19.2 Å². The summed E-state index contributed by atoms with van der Waals surface area (Å²) in [5.41, 5.74) is 9.05. The normalized spacial score (nSPS) is 11.8. The number of nitrogens with zero attached hydrogens (tertiary/aromatic N) is 3. The molecular weight excluding hydrogens is 441 g/mol. The van der Waals surface area contributed by atoms with E-state index in [0.717, 1.165) is 25.7 Å². The van der Waals surface area contributed by atoms with E-state index >= 15 is 0 Å². The van der Waals surface area contributed by atoms with Gasteiger partial charge in [-0.3, -0.25) is 9.40 Å². The first-order valence-corrected chi connectivity index (χ1v) is 9.93. The lowest BCUT2D eigenvalue weighted by Crippen LogP contribution is -2.14. The maximum atomic E-state index is 11.6. The van der Waals surface area contributed by atoms with Crippen LogP contribution in [0.15, 0.2) is 30.5 Å². The number of fused-ring (bicyclic) bond motifs is 1. The van der Waals surface area contributed by atoms with Crippen molar-refractivity contribution in [3.8, 4) is 11.3 Å². The number of pyridine rings is 1. The fourth-order valence-electron chi connectivity index (χ4n) is 2.44. The highest BCUT2D eigenvalue weighted by Crippen LogP contribution is 2.33. The zero-order valence-corrected chi connectivity index (χ0v) is 16.1. The Balaban J connectivity index is 2.08. The summed E-state index contributed by atoms with van der Waals surface area (Å²) >= 11 is 2.20. The molecule has 0 aliphatic heterocycles. The maximum Gasteiger partial charge on any atom is 0.232 e. The lowest BCUT2D eigenvalue weighted by Gasteiger charge is -2.06. The van der Waals surface area contributed by atoms with Crippen LogP contribution in [0.25, 0.3) is 22.2 Å². The Morgan fingerprint density at radius 2 is 1.96 bits per heavy atom. The summed E-state index contributed by atoms with van der Waals surface area (Å²) < 4.78 is 28.5. The second-order valence-corrected chi connectivity index (χ2v) is 8.44. The molecule has 0 saturated carbocycles. The first-order valence-electron chi connectivity index (χ1n) is 7.20. The third kappa shape index (κ3) is 3.05. The molecule has 0 amide bonds. The van der Waals surface area contributed by atoms with Gasteiger partial charge < -0.3 is 5.73 Å². The zero-order chi connectivity index (χ0) is 17.5. The van der Waals surface area contributed by atoms with Crippen molar-refractivity contribution < 1.29 is 8.42 Å². The summed E-state index contributed by atoms with van der Waals surface area (Å²) in [7, 11) is -1.44. The number of benzene rings is 1. The molecule has 0 aliphatic rings. The number of hydrogen-bond acceptors (Lipinski definition) is 5. The Hall–Kier alpha value is -1.88. The van der Waals surface area contributed by atoms with Gasteiger partial charge in [0, 0.05) is 24.5 Å². The number of anilines is 2. The lowest BCUT2D eigenvalue weighted by atomic mass is 10.1. The monoisotopic (exact) mass is 457 g/mol. The number of nitrogens with one attached hydrogen (secondary N) is 1. The number of sulfonamides is 1. The van der Waals surface area contributed by atoms with Gasteiger partial charge in [0.2, 0.25) is 10.0 Å². The van der Waals surface area contributed by atoms with Crippen molar-refractivity contribution in [2.75, 3.05) is 16.2 Å². The van der Waals surface area contributed by atoms with Crippen LogP contribution in [0.5, 0.6) is 0 Å². The molecule has 0 spiro atoms. The molecule has 1 aromatic carbocycles. The minimum Gasteiger partial charge on any atom is -0.383 e. The molecule has 0 atom stereocenters. The summed E-state index contributed by atoms with van der Waals surface area (Å²) in [5, 5.41) is 5.35. The fraction of sp³-hybridized carbons (Fsp3) is 0.200. The second kappa shape index (κ2) is 6.20. The van der Waals surface area contributed by atoms with E-state index in [1.54, 1.807) is 29.9 Å². The molecule has 3 aromatic rings. The van der Waals surface area contributed by atoms with E-state index in [1.165, 1.54) is 0 Å². The van der Waals surface area contributed by atoms with Gasteiger partial charge in [-0.25, -0.2) is 13.4 Å². The molecule has 3 rings (SSSR count). The van der Waals surface area contributed by atoms with Crippen LogP contribution >= 0.6 is 22.6 Å². The van der Waals surface area contributed by atoms with E-state index in [2.05, 4.69) is 37.4 Å². The van der Waals surface area contributed by atoms with Crippen LogP contribution in [0.4, 0.5) is 11.5 Å². The van der Waals surface area contributed by atoms with Crippen molar-refractivity contribution in [1.82, 2.24) is 14.8 Å². The Labute approximate surface area is 153 Å². The van der Waals surface area contributed by atoms with Crippen LogP contribution in [0.1, 0.15) is 6.92 Å². The van der Waals surface area contributed by atoms with Gasteiger partial charge in [-0.05, 0) is 41.6 Å². The molecule has 2 aromatic heterocycles. The van der Waals surface area contributed by atoms with Crippen LogP contribution in [0, 0.1) is 3.57 Å². The predicted octanol–water partition coefficient (Wildman–Crippen LogP) is 2.58. The molecule has 2 heterocycles. The maximum absolute atomic E-state index is 11.6. The van der Waals surface area contributed by atoms with Gasteiger partial charge in [0.05, 0.1) is 20.2 Å². The van der Waals surface area contributed by atoms with E-state index in [-0.39, 0.29) is 5.75 Å². The average molecular weight is 457 g/mol. The molecule has 0 saturated heterocycles. The number of aryl methyl sites for hydroxylation is 1. The van der Waals surface area contributed by atoms with Crippen molar-refractivity contribution in [2.45, 2.75) is 6.92 Å². The summed E-state index contributed by atoms with van der Waals surface area (Å²) in [5.74, 6) is 0.449. The van der Waals surface area contributed by atoms with Gasteiger partial charge in [-0.1, -0.05) is 12.1 Å². The van der Waals surface area contributed by atoms with Gasteiger partial charge in [-0.15, -0.1) is 0 Å². The molecule has 9 heteroatoms.